The number of furan rings is 1. The third kappa shape index (κ3) is 4.85. The number of nitrogens with zero attached hydrogens (tertiary/aromatic N) is 4. The maximum atomic E-state index is 11.3. The lowest BCUT2D eigenvalue weighted by molar-refractivity contribution is -0.384. The molecular weight excluding hydrogens is 530 g/mol. The molecule has 0 saturated carbocycles. The number of nitro groups is 1. The topological polar surface area (TPSA) is 106 Å². The summed E-state index contributed by atoms with van der Waals surface area (Å²) in [6.07, 6.45) is 1.76. The largest absolute Gasteiger partial charge is 0.496 e. The smallest absolute Gasteiger partial charge is 0.273 e. The molecule has 2 aromatic heterocycles. The normalized spacial score (nSPS) is 19.0. The van der Waals surface area contributed by atoms with Crippen LogP contribution in [0.1, 0.15) is 23.5 Å². The van der Waals surface area contributed by atoms with E-state index in [2.05, 4.69) is 39.5 Å². The standard InChI is InChI=1S/C29H27N5O5S/c1-37-26-18-21(34(35)36)9-10-22(26)24-11-12-25(39-24)28-27(23-4-2-3-13-30-23)31-29(40)33(28)20-7-5-19(6-8-20)32-14-16-38-17-15-32/h2-13,18,27-28H,14-17H2,1H3,(H,31,40)/t27-,28+/m1/s1. The molecule has 2 aliphatic heterocycles. The highest BCUT2D eigenvalue weighted by molar-refractivity contribution is 7.80. The molecule has 204 valence electrons. The van der Waals surface area contributed by atoms with Gasteiger partial charge in [-0.1, -0.05) is 6.07 Å². The lowest BCUT2D eigenvalue weighted by Crippen LogP contribution is -2.36. The van der Waals surface area contributed by atoms with E-state index >= 15 is 0 Å². The fraction of sp³-hybridized carbons (Fsp3) is 0.241. The molecule has 0 bridgehead atoms. The van der Waals surface area contributed by atoms with Crippen molar-refractivity contribution >= 4 is 34.4 Å². The van der Waals surface area contributed by atoms with Gasteiger partial charge in [0.25, 0.3) is 5.69 Å². The molecular formula is C29H27N5O5S. The number of hydrogen-bond donors (Lipinski definition) is 1. The van der Waals surface area contributed by atoms with E-state index in [0.717, 1.165) is 43.4 Å². The lowest BCUT2D eigenvalue weighted by Gasteiger charge is -2.30. The summed E-state index contributed by atoms with van der Waals surface area (Å²) in [6.45, 7) is 3.15. The van der Waals surface area contributed by atoms with Crippen molar-refractivity contribution in [1.29, 1.82) is 0 Å². The average Bonchev–Trinajstić information content (AvgIpc) is 3.62. The van der Waals surface area contributed by atoms with Crippen molar-refractivity contribution < 1.29 is 18.8 Å². The van der Waals surface area contributed by atoms with Crippen LogP contribution in [0.15, 0.2) is 83.4 Å². The van der Waals surface area contributed by atoms with E-state index in [-0.39, 0.29) is 17.8 Å². The maximum Gasteiger partial charge on any atom is 0.273 e. The first-order valence-electron chi connectivity index (χ1n) is 12.9. The molecule has 0 aliphatic carbocycles. The van der Waals surface area contributed by atoms with Crippen molar-refractivity contribution in [2.24, 2.45) is 0 Å². The highest BCUT2D eigenvalue weighted by atomic mass is 32.1. The number of non-ortho nitro benzene ring substituents is 1. The number of thiocarbonyl (C=S) groups is 1. The zero-order valence-electron chi connectivity index (χ0n) is 21.7. The average molecular weight is 558 g/mol. The number of anilines is 2. The Bertz CT molecular complexity index is 1520. The van der Waals surface area contributed by atoms with Gasteiger partial charge in [0.15, 0.2) is 5.11 Å². The first-order chi connectivity index (χ1) is 19.5. The Balaban J connectivity index is 1.38. The van der Waals surface area contributed by atoms with Crippen LogP contribution in [0.4, 0.5) is 17.1 Å². The van der Waals surface area contributed by atoms with Crippen LogP contribution in [-0.4, -0.2) is 48.4 Å². The molecule has 4 aromatic rings. The van der Waals surface area contributed by atoms with Gasteiger partial charge in [-0.15, -0.1) is 0 Å². The zero-order valence-corrected chi connectivity index (χ0v) is 22.5. The third-order valence-electron chi connectivity index (χ3n) is 7.18. The minimum absolute atomic E-state index is 0.0559. The van der Waals surface area contributed by atoms with E-state index in [1.54, 1.807) is 12.3 Å². The fourth-order valence-electron chi connectivity index (χ4n) is 5.22. The van der Waals surface area contributed by atoms with Crippen LogP contribution in [0.2, 0.25) is 0 Å². The Labute approximate surface area is 236 Å². The van der Waals surface area contributed by atoms with E-state index in [0.29, 0.717) is 27.9 Å². The van der Waals surface area contributed by atoms with Crippen molar-refractivity contribution in [2.75, 3.05) is 43.2 Å². The molecule has 4 heterocycles. The van der Waals surface area contributed by atoms with Gasteiger partial charge in [0, 0.05) is 36.7 Å². The summed E-state index contributed by atoms with van der Waals surface area (Å²) >= 11 is 5.85. The zero-order chi connectivity index (χ0) is 27.6. The monoisotopic (exact) mass is 557 g/mol. The molecule has 0 spiro atoms. The van der Waals surface area contributed by atoms with Crippen molar-refractivity contribution in [3.63, 3.8) is 0 Å². The highest BCUT2D eigenvalue weighted by Crippen LogP contribution is 2.44. The maximum absolute atomic E-state index is 11.3. The van der Waals surface area contributed by atoms with Crippen molar-refractivity contribution in [1.82, 2.24) is 10.3 Å². The predicted octanol–water partition coefficient (Wildman–Crippen LogP) is 5.27. The van der Waals surface area contributed by atoms with E-state index in [1.807, 2.05) is 35.2 Å². The summed E-state index contributed by atoms with van der Waals surface area (Å²) in [5.74, 6) is 1.55. The van der Waals surface area contributed by atoms with Crippen molar-refractivity contribution in [3.8, 4) is 17.1 Å². The third-order valence-corrected chi connectivity index (χ3v) is 7.50. The number of hydrogen-bond acceptors (Lipinski definition) is 8. The number of nitrogens with one attached hydrogen (secondary N) is 1. The summed E-state index contributed by atoms with van der Waals surface area (Å²) in [5.41, 5.74) is 3.44. The molecule has 1 N–H and O–H groups in total. The van der Waals surface area contributed by atoms with E-state index in [1.165, 1.54) is 19.2 Å². The number of rotatable bonds is 7. The second-order valence-corrected chi connectivity index (χ2v) is 9.84. The SMILES string of the molecule is COc1cc([N+](=O)[O-])ccc1-c1ccc([C@H]2[C@@H](c3ccccn3)NC(=S)N2c2ccc(N3CCOCC3)cc2)o1. The van der Waals surface area contributed by atoms with Crippen LogP contribution in [0.25, 0.3) is 11.3 Å². The highest BCUT2D eigenvalue weighted by Gasteiger charge is 2.42. The molecule has 0 radical (unpaired) electrons. The van der Waals surface area contributed by atoms with Crippen LogP contribution in [0, 0.1) is 10.1 Å². The van der Waals surface area contributed by atoms with E-state index in [4.69, 9.17) is 26.1 Å². The second-order valence-electron chi connectivity index (χ2n) is 9.46. The lowest BCUT2D eigenvalue weighted by atomic mass is 10.0. The van der Waals surface area contributed by atoms with Crippen molar-refractivity contribution in [3.05, 3.63) is 101 Å². The first-order valence-corrected chi connectivity index (χ1v) is 13.3. The van der Waals surface area contributed by atoms with Crippen LogP contribution >= 0.6 is 12.2 Å². The molecule has 0 unspecified atom stereocenters. The number of methoxy groups -OCH3 is 1. The van der Waals surface area contributed by atoms with E-state index in [9.17, 15) is 10.1 Å². The summed E-state index contributed by atoms with van der Waals surface area (Å²) in [5, 5.41) is 15.3. The number of nitro benzene ring substituents is 1. The van der Waals surface area contributed by atoms with Gasteiger partial charge in [-0.3, -0.25) is 15.1 Å². The van der Waals surface area contributed by atoms with Gasteiger partial charge in [0.05, 0.1) is 48.6 Å². The van der Waals surface area contributed by atoms with Gasteiger partial charge in [-0.05, 0) is 66.8 Å². The number of aromatic nitrogens is 1. The minimum atomic E-state index is -0.454. The molecule has 2 saturated heterocycles. The summed E-state index contributed by atoms with van der Waals surface area (Å²) < 4.78 is 17.4. The van der Waals surface area contributed by atoms with Crippen molar-refractivity contribution in [2.45, 2.75) is 12.1 Å². The summed E-state index contributed by atoms with van der Waals surface area (Å²) in [4.78, 5) is 19.8. The summed E-state index contributed by atoms with van der Waals surface area (Å²) in [7, 11) is 1.48. The Morgan fingerprint density at radius 3 is 2.52 bits per heavy atom. The summed E-state index contributed by atoms with van der Waals surface area (Å²) in [6, 6.07) is 21.7. The number of morpholine rings is 1. The van der Waals surface area contributed by atoms with Gasteiger partial charge >= 0.3 is 0 Å². The van der Waals surface area contributed by atoms with E-state index < -0.39 is 4.92 Å². The molecule has 10 nitrogen and oxygen atoms in total. The molecule has 2 aromatic carbocycles. The Morgan fingerprint density at radius 1 is 1.05 bits per heavy atom. The molecule has 6 rings (SSSR count). The number of benzene rings is 2. The fourth-order valence-corrected chi connectivity index (χ4v) is 5.57. The first kappa shape index (κ1) is 25.8. The molecule has 40 heavy (non-hydrogen) atoms. The Kier molecular flexibility index (Phi) is 7.06. The van der Waals surface area contributed by atoms with Crippen LogP contribution in [0.5, 0.6) is 5.75 Å². The Hall–Kier alpha value is -4.48. The van der Waals surface area contributed by atoms with Gasteiger partial charge in [-0.25, -0.2) is 0 Å². The van der Waals surface area contributed by atoms with Gasteiger partial charge < -0.3 is 29.0 Å². The van der Waals surface area contributed by atoms with Gasteiger partial charge in [-0.2, -0.15) is 0 Å². The molecule has 2 atom stereocenters. The molecule has 2 aliphatic rings. The van der Waals surface area contributed by atoms with Crippen LogP contribution in [0.3, 0.4) is 0 Å². The number of pyridine rings is 1. The molecule has 11 heteroatoms. The predicted molar refractivity (Wildman–Crippen MR) is 155 cm³/mol. The van der Waals surface area contributed by atoms with Crippen LogP contribution in [-0.2, 0) is 4.74 Å². The molecule has 2 fully saturated rings. The van der Waals surface area contributed by atoms with Gasteiger partial charge in [0.2, 0.25) is 0 Å². The second kappa shape index (κ2) is 10.9. The van der Waals surface area contributed by atoms with Crippen LogP contribution < -0.4 is 19.9 Å². The molecule has 0 amide bonds. The minimum Gasteiger partial charge on any atom is -0.496 e. The Morgan fingerprint density at radius 2 is 1.82 bits per heavy atom. The number of ether oxygens (including phenoxy) is 2. The van der Waals surface area contributed by atoms with Gasteiger partial charge in [0.1, 0.15) is 23.3 Å². The quantitative estimate of drug-likeness (QED) is 0.183.